The van der Waals surface area contributed by atoms with E-state index < -0.39 is 11.5 Å². The van der Waals surface area contributed by atoms with Gasteiger partial charge in [0.25, 0.3) is 0 Å². The van der Waals surface area contributed by atoms with E-state index in [1.54, 1.807) is 6.92 Å². The van der Waals surface area contributed by atoms with Crippen LogP contribution in [0.5, 0.6) is 0 Å². The van der Waals surface area contributed by atoms with Crippen molar-refractivity contribution in [3.63, 3.8) is 0 Å². The van der Waals surface area contributed by atoms with Crippen LogP contribution in [0.1, 0.15) is 32.6 Å². The molecule has 86 valence electrons. The van der Waals surface area contributed by atoms with Crippen LogP contribution >= 0.6 is 0 Å². The van der Waals surface area contributed by atoms with Gasteiger partial charge in [0.15, 0.2) is 0 Å². The van der Waals surface area contributed by atoms with Gasteiger partial charge in [-0.2, -0.15) is 0 Å². The number of hydrogen-bond acceptors (Lipinski definition) is 3. The van der Waals surface area contributed by atoms with Gasteiger partial charge >= 0.3 is 5.97 Å². The Labute approximate surface area is 89.2 Å². The van der Waals surface area contributed by atoms with Crippen molar-refractivity contribution in [1.82, 2.24) is 4.90 Å². The molecule has 0 bridgehead atoms. The largest absolute Gasteiger partial charge is 0.480 e. The number of piperidine rings is 1. The topological polar surface area (TPSA) is 83.6 Å². The van der Waals surface area contributed by atoms with Crippen molar-refractivity contribution in [1.29, 1.82) is 0 Å². The second-order valence-electron chi connectivity index (χ2n) is 4.12. The molecule has 0 aromatic carbocycles. The SMILES string of the molecule is CC1(C(=O)O)CCCCN1C(=O)CCN. The van der Waals surface area contributed by atoms with Gasteiger partial charge in [-0.05, 0) is 26.2 Å². The molecule has 1 aliphatic heterocycles. The van der Waals surface area contributed by atoms with E-state index in [9.17, 15) is 9.59 Å². The highest BCUT2D eigenvalue weighted by Crippen LogP contribution is 2.28. The molecule has 0 spiro atoms. The molecule has 1 atom stereocenters. The van der Waals surface area contributed by atoms with E-state index >= 15 is 0 Å². The fourth-order valence-electron chi connectivity index (χ4n) is 2.00. The number of carbonyl (C=O) groups is 2. The molecule has 5 nitrogen and oxygen atoms in total. The van der Waals surface area contributed by atoms with Crippen LogP contribution in [0.15, 0.2) is 0 Å². The van der Waals surface area contributed by atoms with Gasteiger partial charge in [-0.1, -0.05) is 0 Å². The third-order valence-electron chi connectivity index (χ3n) is 3.01. The fourth-order valence-corrected chi connectivity index (χ4v) is 2.00. The lowest BCUT2D eigenvalue weighted by molar-refractivity contribution is -0.160. The van der Waals surface area contributed by atoms with Crippen LogP contribution < -0.4 is 5.73 Å². The van der Waals surface area contributed by atoms with Crippen molar-refractivity contribution < 1.29 is 14.7 Å². The predicted octanol–water partition coefficient (Wildman–Crippen LogP) is 0.191. The average molecular weight is 214 g/mol. The molecule has 3 N–H and O–H groups in total. The first-order chi connectivity index (χ1) is 7.02. The van der Waals surface area contributed by atoms with Crippen LogP contribution in [0.25, 0.3) is 0 Å². The van der Waals surface area contributed by atoms with Gasteiger partial charge < -0.3 is 15.7 Å². The number of nitrogens with two attached hydrogens (primary N) is 1. The molecule has 15 heavy (non-hydrogen) atoms. The Balaban J connectivity index is 2.82. The number of likely N-dealkylation sites (tertiary alicyclic amines) is 1. The van der Waals surface area contributed by atoms with E-state index in [1.807, 2.05) is 0 Å². The Kier molecular flexibility index (Phi) is 3.68. The molecule has 1 aliphatic rings. The van der Waals surface area contributed by atoms with E-state index in [-0.39, 0.29) is 18.9 Å². The van der Waals surface area contributed by atoms with Crippen molar-refractivity contribution >= 4 is 11.9 Å². The first kappa shape index (κ1) is 12.0. The summed E-state index contributed by atoms with van der Waals surface area (Å²) in [6, 6.07) is 0. The van der Waals surface area contributed by atoms with Crippen molar-refractivity contribution in [3.05, 3.63) is 0 Å². The summed E-state index contributed by atoms with van der Waals surface area (Å²) in [6.45, 7) is 2.41. The second kappa shape index (κ2) is 4.61. The summed E-state index contributed by atoms with van der Waals surface area (Å²) in [5.41, 5.74) is 4.27. The average Bonchev–Trinajstić information content (AvgIpc) is 2.18. The highest BCUT2D eigenvalue weighted by atomic mass is 16.4. The predicted molar refractivity (Wildman–Crippen MR) is 55.3 cm³/mol. The second-order valence-corrected chi connectivity index (χ2v) is 4.12. The number of amides is 1. The maximum atomic E-state index is 11.7. The number of nitrogens with zero attached hydrogens (tertiary/aromatic N) is 1. The summed E-state index contributed by atoms with van der Waals surface area (Å²) in [7, 11) is 0. The van der Waals surface area contributed by atoms with Gasteiger partial charge in [0, 0.05) is 19.5 Å². The molecule has 0 saturated carbocycles. The van der Waals surface area contributed by atoms with Gasteiger partial charge in [0.05, 0.1) is 0 Å². The van der Waals surface area contributed by atoms with E-state index in [4.69, 9.17) is 10.8 Å². The van der Waals surface area contributed by atoms with Crippen LogP contribution in [0.4, 0.5) is 0 Å². The Bertz CT molecular complexity index is 267. The molecule has 5 heteroatoms. The Morgan fingerprint density at radius 2 is 2.13 bits per heavy atom. The van der Waals surface area contributed by atoms with Crippen LogP contribution in [-0.2, 0) is 9.59 Å². The Morgan fingerprint density at radius 1 is 1.47 bits per heavy atom. The zero-order chi connectivity index (χ0) is 11.5. The summed E-state index contributed by atoms with van der Waals surface area (Å²) in [4.78, 5) is 24.3. The molecule has 1 rings (SSSR count). The molecule has 1 heterocycles. The summed E-state index contributed by atoms with van der Waals surface area (Å²) in [5, 5.41) is 9.16. The maximum Gasteiger partial charge on any atom is 0.329 e. The molecular weight excluding hydrogens is 196 g/mol. The standard InChI is InChI=1S/C10H18N2O3/c1-10(9(14)15)5-2-3-7-12(10)8(13)4-6-11/h2-7,11H2,1H3,(H,14,15). The summed E-state index contributed by atoms with van der Waals surface area (Å²) >= 11 is 0. The van der Waals surface area contributed by atoms with Gasteiger partial charge in [0.1, 0.15) is 5.54 Å². The van der Waals surface area contributed by atoms with Crippen LogP contribution in [0.2, 0.25) is 0 Å². The number of carbonyl (C=O) groups excluding carboxylic acids is 1. The number of rotatable bonds is 3. The molecule has 0 aliphatic carbocycles. The van der Waals surface area contributed by atoms with E-state index in [2.05, 4.69) is 0 Å². The molecule has 1 fully saturated rings. The number of carboxylic acids is 1. The fraction of sp³-hybridized carbons (Fsp3) is 0.800. The first-order valence-corrected chi connectivity index (χ1v) is 5.26. The highest BCUT2D eigenvalue weighted by molar-refractivity contribution is 5.87. The monoisotopic (exact) mass is 214 g/mol. The highest BCUT2D eigenvalue weighted by Gasteiger charge is 2.43. The van der Waals surface area contributed by atoms with Gasteiger partial charge in [-0.3, -0.25) is 4.79 Å². The third kappa shape index (κ3) is 2.28. The van der Waals surface area contributed by atoms with Gasteiger partial charge in [-0.25, -0.2) is 4.79 Å². The third-order valence-corrected chi connectivity index (χ3v) is 3.01. The molecular formula is C10H18N2O3. The van der Waals surface area contributed by atoms with Crippen molar-refractivity contribution in [2.24, 2.45) is 5.73 Å². The summed E-state index contributed by atoms with van der Waals surface area (Å²) < 4.78 is 0. The number of aliphatic carboxylic acids is 1. The van der Waals surface area contributed by atoms with Crippen LogP contribution in [0.3, 0.4) is 0 Å². The minimum atomic E-state index is -1.04. The maximum absolute atomic E-state index is 11.7. The van der Waals surface area contributed by atoms with Crippen molar-refractivity contribution in [2.75, 3.05) is 13.1 Å². The quantitative estimate of drug-likeness (QED) is 0.702. The van der Waals surface area contributed by atoms with E-state index in [1.165, 1.54) is 4.90 Å². The number of carboxylic acid groups (broad SMARTS) is 1. The van der Waals surface area contributed by atoms with Crippen LogP contribution in [0, 0.1) is 0 Å². The smallest absolute Gasteiger partial charge is 0.329 e. The van der Waals surface area contributed by atoms with Crippen molar-refractivity contribution in [2.45, 2.75) is 38.1 Å². The Morgan fingerprint density at radius 3 is 2.67 bits per heavy atom. The van der Waals surface area contributed by atoms with E-state index in [0.717, 1.165) is 12.8 Å². The summed E-state index contributed by atoms with van der Waals surface area (Å²) in [5.74, 6) is -1.07. The molecule has 0 radical (unpaired) electrons. The molecule has 1 amide bonds. The lowest BCUT2D eigenvalue weighted by atomic mass is 9.88. The van der Waals surface area contributed by atoms with Gasteiger partial charge in [0.2, 0.25) is 5.91 Å². The number of hydrogen-bond donors (Lipinski definition) is 2. The lowest BCUT2D eigenvalue weighted by Gasteiger charge is -2.41. The van der Waals surface area contributed by atoms with Crippen LogP contribution in [-0.4, -0.2) is 40.5 Å². The molecule has 1 unspecified atom stereocenters. The normalized spacial score (nSPS) is 26.4. The van der Waals surface area contributed by atoms with E-state index in [0.29, 0.717) is 13.0 Å². The Hall–Kier alpha value is -1.10. The molecule has 0 aromatic heterocycles. The minimum absolute atomic E-state index is 0.151. The van der Waals surface area contributed by atoms with Crippen molar-refractivity contribution in [3.8, 4) is 0 Å². The molecule has 0 aromatic rings. The lowest BCUT2D eigenvalue weighted by Crippen LogP contribution is -2.57. The summed E-state index contributed by atoms with van der Waals surface area (Å²) in [6.07, 6.45) is 2.48. The zero-order valence-electron chi connectivity index (χ0n) is 9.03. The minimum Gasteiger partial charge on any atom is -0.480 e. The zero-order valence-corrected chi connectivity index (χ0v) is 9.03. The molecule has 1 saturated heterocycles. The van der Waals surface area contributed by atoms with Gasteiger partial charge in [-0.15, -0.1) is 0 Å². The first-order valence-electron chi connectivity index (χ1n) is 5.26.